The summed E-state index contributed by atoms with van der Waals surface area (Å²) in [5.41, 5.74) is 4.28. The lowest BCUT2D eigenvalue weighted by atomic mass is 9.95. The van der Waals surface area contributed by atoms with Crippen LogP contribution in [-0.4, -0.2) is 29.1 Å². The summed E-state index contributed by atoms with van der Waals surface area (Å²) >= 11 is 0. The van der Waals surface area contributed by atoms with Crippen molar-refractivity contribution in [1.29, 1.82) is 0 Å². The summed E-state index contributed by atoms with van der Waals surface area (Å²) in [5.74, 6) is -0.799. The van der Waals surface area contributed by atoms with Gasteiger partial charge in [0.05, 0.1) is 5.92 Å². The summed E-state index contributed by atoms with van der Waals surface area (Å²) in [5, 5.41) is 8.91. The van der Waals surface area contributed by atoms with Crippen LogP contribution in [0.15, 0.2) is 18.2 Å². The van der Waals surface area contributed by atoms with Crippen molar-refractivity contribution < 1.29 is 9.90 Å². The second kappa shape index (κ2) is 3.84. The maximum Gasteiger partial charge on any atom is 0.309 e. The zero-order valence-electron chi connectivity index (χ0n) is 10.0. The fraction of sp³-hybridized carbons (Fsp3) is 0.500. The zero-order valence-corrected chi connectivity index (χ0v) is 10.0. The molecule has 1 saturated heterocycles. The van der Waals surface area contributed by atoms with Crippen LogP contribution in [-0.2, 0) is 11.2 Å². The fourth-order valence-electron chi connectivity index (χ4n) is 3.12. The summed E-state index contributed by atoms with van der Waals surface area (Å²) in [7, 11) is 0. The van der Waals surface area contributed by atoms with Crippen molar-refractivity contribution in [3.8, 4) is 0 Å². The van der Waals surface area contributed by atoms with E-state index in [2.05, 4.69) is 30.0 Å². The third-order valence-electron chi connectivity index (χ3n) is 4.17. The molecule has 1 aromatic carbocycles. The minimum absolute atomic E-state index is 0.149. The van der Waals surface area contributed by atoms with Crippen LogP contribution in [0.1, 0.15) is 29.2 Å². The highest BCUT2D eigenvalue weighted by molar-refractivity contribution is 5.71. The second-order valence-electron chi connectivity index (χ2n) is 5.19. The van der Waals surface area contributed by atoms with Gasteiger partial charge in [0.25, 0.3) is 0 Å². The first-order valence-electron chi connectivity index (χ1n) is 6.22. The Morgan fingerprint density at radius 3 is 2.88 bits per heavy atom. The molecule has 1 fully saturated rings. The van der Waals surface area contributed by atoms with E-state index in [-0.39, 0.29) is 5.92 Å². The van der Waals surface area contributed by atoms with Gasteiger partial charge in [-0.2, -0.15) is 0 Å². The summed E-state index contributed by atoms with van der Waals surface area (Å²) in [6.07, 6.45) is 2.29. The SMILES string of the molecule is Cc1cccc2c1CCC2N1CC(C(=O)O)C1. The minimum atomic E-state index is -0.649. The molecule has 1 unspecified atom stereocenters. The van der Waals surface area contributed by atoms with Crippen LogP contribution >= 0.6 is 0 Å². The van der Waals surface area contributed by atoms with Crippen LogP contribution in [0.5, 0.6) is 0 Å². The van der Waals surface area contributed by atoms with E-state index in [0.29, 0.717) is 19.1 Å². The molecule has 1 aromatic rings. The van der Waals surface area contributed by atoms with Crippen molar-refractivity contribution in [3.05, 3.63) is 34.9 Å². The van der Waals surface area contributed by atoms with Crippen LogP contribution in [0, 0.1) is 12.8 Å². The highest BCUT2D eigenvalue weighted by Crippen LogP contribution is 2.40. The third-order valence-corrected chi connectivity index (χ3v) is 4.17. The number of fused-ring (bicyclic) bond motifs is 1. The van der Waals surface area contributed by atoms with Gasteiger partial charge < -0.3 is 5.11 Å². The Hall–Kier alpha value is -1.35. The van der Waals surface area contributed by atoms with Gasteiger partial charge in [0, 0.05) is 19.1 Å². The monoisotopic (exact) mass is 231 g/mol. The van der Waals surface area contributed by atoms with E-state index in [1.807, 2.05) is 0 Å². The first kappa shape index (κ1) is 10.8. The van der Waals surface area contributed by atoms with E-state index in [9.17, 15) is 4.79 Å². The summed E-state index contributed by atoms with van der Waals surface area (Å²) < 4.78 is 0. The largest absolute Gasteiger partial charge is 0.481 e. The number of aliphatic carboxylic acids is 1. The topological polar surface area (TPSA) is 40.5 Å². The molecule has 1 heterocycles. The Kier molecular flexibility index (Phi) is 2.44. The van der Waals surface area contributed by atoms with E-state index >= 15 is 0 Å². The molecule has 1 N–H and O–H groups in total. The Morgan fingerprint density at radius 2 is 2.18 bits per heavy atom. The predicted molar refractivity (Wildman–Crippen MR) is 64.9 cm³/mol. The van der Waals surface area contributed by atoms with Crippen molar-refractivity contribution in [2.75, 3.05) is 13.1 Å². The highest BCUT2D eigenvalue weighted by Gasteiger charge is 2.39. The van der Waals surface area contributed by atoms with Crippen LogP contribution in [0.25, 0.3) is 0 Å². The smallest absolute Gasteiger partial charge is 0.309 e. The molecule has 17 heavy (non-hydrogen) atoms. The number of aryl methyl sites for hydroxylation is 1. The highest BCUT2D eigenvalue weighted by atomic mass is 16.4. The second-order valence-corrected chi connectivity index (χ2v) is 5.19. The molecule has 1 aliphatic heterocycles. The molecule has 3 heteroatoms. The number of likely N-dealkylation sites (tertiary alicyclic amines) is 1. The summed E-state index contributed by atoms with van der Waals surface area (Å²) in [6, 6.07) is 6.94. The maximum atomic E-state index is 10.8. The minimum Gasteiger partial charge on any atom is -0.481 e. The van der Waals surface area contributed by atoms with Gasteiger partial charge in [0.1, 0.15) is 0 Å². The van der Waals surface area contributed by atoms with Gasteiger partial charge in [-0.25, -0.2) is 0 Å². The Morgan fingerprint density at radius 1 is 1.41 bits per heavy atom. The van der Waals surface area contributed by atoms with Crippen molar-refractivity contribution >= 4 is 5.97 Å². The van der Waals surface area contributed by atoms with E-state index in [4.69, 9.17) is 5.11 Å². The molecule has 3 nitrogen and oxygen atoms in total. The molecule has 1 atom stereocenters. The Bertz CT molecular complexity index is 463. The number of hydrogen-bond acceptors (Lipinski definition) is 2. The van der Waals surface area contributed by atoms with Crippen molar-refractivity contribution in [3.63, 3.8) is 0 Å². The van der Waals surface area contributed by atoms with E-state index in [1.54, 1.807) is 0 Å². The number of hydrogen-bond donors (Lipinski definition) is 1. The quantitative estimate of drug-likeness (QED) is 0.846. The van der Waals surface area contributed by atoms with Gasteiger partial charge in [-0.05, 0) is 36.5 Å². The molecular weight excluding hydrogens is 214 g/mol. The van der Waals surface area contributed by atoms with E-state index < -0.39 is 5.97 Å². The molecule has 0 amide bonds. The van der Waals surface area contributed by atoms with Crippen LogP contribution in [0.4, 0.5) is 0 Å². The lowest BCUT2D eigenvalue weighted by Gasteiger charge is -2.41. The fourth-order valence-corrected chi connectivity index (χ4v) is 3.12. The zero-order chi connectivity index (χ0) is 12.0. The number of carboxylic acid groups (broad SMARTS) is 1. The first-order valence-corrected chi connectivity index (χ1v) is 6.22. The maximum absolute atomic E-state index is 10.8. The summed E-state index contributed by atoms with van der Waals surface area (Å²) in [4.78, 5) is 13.1. The first-order chi connectivity index (χ1) is 8.16. The molecule has 3 rings (SSSR count). The van der Waals surface area contributed by atoms with Gasteiger partial charge in [-0.1, -0.05) is 18.2 Å². The number of benzene rings is 1. The van der Waals surface area contributed by atoms with Crippen molar-refractivity contribution in [2.45, 2.75) is 25.8 Å². The van der Waals surface area contributed by atoms with Crippen LogP contribution in [0.3, 0.4) is 0 Å². The van der Waals surface area contributed by atoms with Gasteiger partial charge in [-0.3, -0.25) is 9.69 Å². The van der Waals surface area contributed by atoms with Crippen LogP contribution in [0.2, 0.25) is 0 Å². The molecule has 0 saturated carbocycles. The molecule has 2 aliphatic rings. The summed E-state index contributed by atoms with van der Waals surface area (Å²) in [6.45, 7) is 3.60. The lowest BCUT2D eigenvalue weighted by molar-refractivity contribution is -0.148. The van der Waals surface area contributed by atoms with Gasteiger partial charge in [0.15, 0.2) is 0 Å². The molecule has 0 bridgehead atoms. The van der Waals surface area contributed by atoms with E-state index in [0.717, 1.165) is 12.8 Å². The third kappa shape index (κ3) is 1.65. The molecule has 1 aliphatic carbocycles. The molecule has 0 spiro atoms. The molecular formula is C14H17NO2. The molecule has 90 valence electrons. The standard InChI is InChI=1S/C14H17NO2/c1-9-3-2-4-12-11(9)5-6-13(12)15-7-10(8-15)14(16)17/h2-4,10,13H,5-8H2,1H3,(H,16,17). The number of rotatable bonds is 2. The van der Waals surface area contributed by atoms with Gasteiger partial charge in [-0.15, -0.1) is 0 Å². The van der Waals surface area contributed by atoms with Crippen LogP contribution < -0.4 is 0 Å². The molecule has 0 radical (unpaired) electrons. The normalized spacial score (nSPS) is 24.4. The van der Waals surface area contributed by atoms with Crippen molar-refractivity contribution in [1.82, 2.24) is 4.90 Å². The Labute approximate surface area is 101 Å². The van der Waals surface area contributed by atoms with E-state index in [1.165, 1.54) is 16.7 Å². The average molecular weight is 231 g/mol. The lowest BCUT2D eigenvalue weighted by Crippen LogP contribution is -2.51. The Balaban J connectivity index is 1.77. The number of nitrogens with zero attached hydrogens (tertiary/aromatic N) is 1. The number of carbonyl (C=O) groups is 1. The van der Waals surface area contributed by atoms with Crippen molar-refractivity contribution in [2.24, 2.45) is 5.92 Å². The van der Waals surface area contributed by atoms with Gasteiger partial charge >= 0.3 is 5.97 Å². The average Bonchev–Trinajstić information content (AvgIpc) is 2.61. The number of carboxylic acids is 1. The predicted octanol–water partition coefficient (Wildman–Crippen LogP) is 2.00. The van der Waals surface area contributed by atoms with Gasteiger partial charge in [0.2, 0.25) is 0 Å². The molecule has 0 aromatic heterocycles.